The number of benzene rings is 2. The minimum absolute atomic E-state index is 0.132. The highest BCUT2D eigenvalue weighted by Crippen LogP contribution is 2.37. The van der Waals surface area contributed by atoms with E-state index in [0.717, 1.165) is 55.8 Å². The van der Waals surface area contributed by atoms with Crippen molar-refractivity contribution >= 4 is 27.9 Å². The molecule has 0 aliphatic rings. The van der Waals surface area contributed by atoms with Crippen LogP contribution >= 0.6 is 0 Å². The minimum Gasteiger partial charge on any atom is -0.464 e. The van der Waals surface area contributed by atoms with E-state index in [4.69, 9.17) is 24.7 Å². The van der Waals surface area contributed by atoms with E-state index < -0.39 is 0 Å². The van der Waals surface area contributed by atoms with Crippen LogP contribution in [0, 0.1) is 13.8 Å². The van der Waals surface area contributed by atoms with Gasteiger partial charge >= 0.3 is 5.97 Å². The number of aromatic nitrogens is 7. The normalized spacial score (nSPS) is 12.4. The topological polar surface area (TPSA) is 102 Å². The van der Waals surface area contributed by atoms with E-state index in [1.54, 1.807) is 11.6 Å². The molecule has 10 nitrogen and oxygen atoms in total. The van der Waals surface area contributed by atoms with Crippen LogP contribution in [0.15, 0.2) is 67.0 Å². The monoisotopic (exact) mass is 591 g/mol. The van der Waals surface area contributed by atoms with Crippen LogP contribution in [0.1, 0.15) is 55.3 Å². The Hall–Kier alpha value is -4.83. The molecule has 6 rings (SSSR count). The number of hydrogen-bond donors (Lipinski definition) is 0. The average Bonchev–Trinajstić information content (AvgIpc) is 3.68. The Morgan fingerprint density at radius 3 is 2.52 bits per heavy atom. The molecular formula is C34H37N7O3. The Balaban J connectivity index is 1.40. The number of rotatable bonds is 10. The van der Waals surface area contributed by atoms with Gasteiger partial charge in [0.25, 0.3) is 0 Å². The Bertz CT molecular complexity index is 1950. The molecule has 2 aromatic carbocycles. The number of esters is 1. The third kappa shape index (κ3) is 5.60. The number of hydrogen-bond acceptors (Lipinski definition) is 7. The molecule has 4 heterocycles. The lowest BCUT2D eigenvalue weighted by Gasteiger charge is -2.18. The summed E-state index contributed by atoms with van der Waals surface area (Å²) in [6, 6.07) is 18.1. The van der Waals surface area contributed by atoms with Crippen LogP contribution in [0.2, 0.25) is 0 Å². The predicted molar refractivity (Wildman–Crippen MR) is 170 cm³/mol. The van der Waals surface area contributed by atoms with Gasteiger partial charge in [-0.15, -0.1) is 0 Å². The van der Waals surface area contributed by atoms with Gasteiger partial charge in [-0.3, -0.25) is 9.36 Å². The van der Waals surface area contributed by atoms with Gasteiger partial charge in [-0.2, -0.15) is 15.3 Å². The van der Waals surface area contributed by atoms with E-state index in [2.05, 4.69) is 38.0 Å². The quantitative estimate of drug-likeness (QED) is 0.174. The van der Waals surface area contributed by atoms with Crippen molar-refractivity contribution < 1.29 is 14.3 Å². The van der Waals surface area contributed by atoms with Gasteiger partial charge in [-0.25, -0.2) is 14.5 Å². The maximum absolute atomic E-state index is 12.1. The zero-order valence-corrected chi connectivity index (χ0v) is 26.0. The van der Waals surface area contributed by atoms with E-state index in [1.807, 2.05) is 78.2 Å². The van der Waals surface area contributed by atoms with Crippen LogP contribution in [0.4, 0.5) is 0 Å². The van der Waals surface area contributed by atoms with Gasteiger partial charge < -0.3 is 9.47 Å². The number of carbonyl (C=O) groups excluding carboxylic acids is 1. The summed E-state index contributed by atoms with van der Waals surface area (Å²) in [7, 11) is 1.90. The number of fused-ring (bicyclic) bond motifs is 2. The summed E-state index contributed by atoms with van der Waals surface area (Å²) in [5, 5.41) is 16.6. The minimum atomic E-state index is -0.387. The molecule has 4 aromatic heterocycles. The highest BCUT2D eigenvalue weighted by Gasteiger charge is 2.24. The van der Waals surface area contributed by atoms with Crippen molar-refractivity contribution in [3.05, 3.63) is 89.5 Å². The second kappa shape index (κ2) is 12.0. The van der Waals surface area contributed by atoms with Crippen LogP contribution in [0.3, 0.4) is 0 Å². The molecule has 1 atom stereocenters. The van der Waals surface area contributed by atoms with E-state index in [1.165, 1.54) is 5.56 Å². The molecule has 6 aromatic rings. The molecule has 0 aliphatic heterocycles. The Kier molecular flexibility index (Phi) is 8.01. The van der Waals surface area contributed by atoms with Crippen molar-refractivity contribution in [2.75, 3.05) is 13.2 Å². The molecular weight excluding hydrogens is 554 g/mol. The molecule has 0 aliphatic carbocycles. The summed E-state index contributed by atoms with van der Waals surface area (Å²) in [5.74, 6) is -0.153. The van der Waals surface area contributed by atoms with Crippen molar-refractivity contribution in [3.63, 3.8) is 0 Å². The van der Waals surface area contributed by atoms with E-state index >= 15 is 0 Å². The standard InChI is InChI=1S/C34H37N7O3/c1-7-43-31(42)20-44-30(24-12-9-8-10-13-24)19-40-18-27-26(14-11-15-28(27)36-40)33-32(21(2)3)23(5)41(37-33)29-16-25-17-39(6)38-34(25)35-22(29)4/h8-18,21,30H,7,19-20H2,1-6H3/t30-/m0/s1. The maximum atomic E-state index is 12.1. The number of nitrogens with zero attached hydrogens (tertiary/aromatic N) is 7. The number of pyridine rings is 1. The predicted octanol–water partition coefficient (Wildman–Crippen LogP) is 6.23. The summed E-state index contributed by atoms with van der Waals surface area (Å²) in [6.07, 6.45) is 3.63. The summed E-state index contributed by atoms with van der Waals surface area (Å²) in [6.45, 7) is 10.9. The fraction of sp³-hybridized carbons (Fsp3) is 0.324. The molecule has 0 spiro atoms. The smallest absolute Gasteiger partial charge is 0.332 e. The highest BCUT2D eigenvalue weighted by molar-refractivity contribution is 5.94. The summed E-state index contributed by atoms with van der Waals surface area (Å²) in [5.41, 5.74) is 8.52. The first-order valence-electron chi connectivity index (χ1n) is 14.9. The van der Waals surface area contributed by atoms with Gasteiger partial charge in [0.15, 0.2) is 5.65 Å². The molecule has 44 heavy (non-hydrogen) atoms. The third-order valence-electron chi connectivity index (χ3n) is 7.83. The van der Waals surface area contributed by atoms with Gasteiger partial charge in [0.2, 0.25) is 0 Å². The van der Waals surface area contributed by atoms with Crippen molar-refractivity contribution in [3.8, 4) is 16.9 Å². The first-order chi connectivity index (χ1) is 21.2. The zero-order valence-electron chi connectivity index (χ0n) is 26.0. The second-order valence-corrected chi connectivity index (χ2v) is 11.3. The van der Waals surface area contributed by atoms with E-state index in [9.17, 15) is 4.79 Å². The average molecular weight is 592 g/mol. The van der Waals surface area contributed by atoms with Crippen LogP contribution in [0.25, 0.3) is 38.9 Å². The van der Waals surface area contributed by atoms with E-state index in [-0.39, 0.29) is 24.6 Å². The first-order valence-corrected chi connectivity index (χ1v) is 14.9. The Labute approximate surface area is 256 Å². The summed E-state index contributed by atoms with van der Waals surface area (Å²) in [4.78, 5) is 16.9. The fourth-order valence-electron chi connectivity index (χ4n) is 5.86. The van der Waals surface area contributed by atoms with Crippen molar-refractivity contribution in [1.29, 1.82) is 0 Å². The number of ether oxygens (including phenoxy) is 2. The van der Waals surface area contributed by atoms with Crippen molar-refractivity contribution in [1.82, 2.24) is 34.3 Å². The van der Waals surface area contributed by atoms with Crippen molar-refractivity contribution in [2.45, 2.75) is 53.2 Å². The molecule has 0 fully saturated rings. The number of carbonyl (C=O) groups is 1. The molecule has 226 valence electrons. The SMILES string of the molecule is CCOC(=O)CO[C@@H](Cn1cc2c(-c3nn(-c4cc5cn(C)nc5nc4C)c(C)c3C(C)C)cccc2n1)c1ccccc1. The summed E-state index contributed by atoms with van der Waals surface area (Å²) >= 11 is 0. The molecule has 0 saturated heterocycles. The van der Waals surface area contributed by atoms with Gasteiger partial charge in [0.05, 0.1) is 35.7 Å². The molecule has 0 bridgehead atoms. The summed E-state index contributed by atoms with van der Waals surface area (Å²) < 4.78 is 16.8. The molecule has 0 N–H and O–H groups in total. The first kappa shape index (κ1) is 29.3. The largest absolute Gasteiger partial charge is 0.464 e. The van der Waals surface area contributed by atoms with Crippen LogP contribution in [0.5, 0.6) is 0 Å². The molecule has 0 saturated carbocycles. The van der Waals surface area contributed by atoms with Gasteiger partial charge in [0, 0.05) is 47.0 Å². The van der Waals surface area contributed by atoms with Crippen LogP contribution in [-0.2, 0) is 27.9 Å². The second-order valence-electron chi connectivity index (χ2n) is 11.3. The zero-order chi connectivity index (χ0) is 31.0. The Morgan fingerprint density at radius 2 is 1.77 bits per heavy atom. The molecule has 0 unspecified atom stereocenters. The fourth-order valence-corrected chi connectivity index (χ4v) is 5.86. The lowest BCUT2D eigenvalue weighted by molar-refractivity contribution is -0.151. The molecule has 0 radical (unpaired) electrons. The van der Waals surface area contributed by atoms with Crippen LogP contribution < -0.4 is 0 Å². The van der Waals surface area contributed by atoms with Gasteiger partial charge in [0.1, 0.15) is 12.7 Å². The lowest BCUT2D eigenvalue weighted by Crippen LogP contribution is -2.19. The van der Waals surface area contributed by atoms with Gasteiger partial charge in [-0.1, -0.05) is 56.3 Å². The van der Waals surface area contributed by atoms with Gasteiger partial charge in [-0.05, 0) is 44.4 Å². The maximum Gasteiger partial charge on any atom is 0.332 e. The highest BCUT2D eigenvalue weighted by atomic mass is 16.6. The van der Waals surface area contributed by atoms with Crippen molar-refractivity contribution in [2.24, 2.45) is 7.05 Å². The van der Waals surface area contributed by atoms with E-state index in [0.29, 0.717) is 13.2 Å². The third-order valence-corrected chi connectivity index (χ3v) is 7.83. The number of aryl methyl sites for hydroxylation is 2. The Morgan fingerprint density at radius 1 is 0.977 bits per heavy atom. The van der Waals surface area contributed by atoms with Crippen LogP contribution in [-0.4, -0.2) is 53.5 Å². The molecule has 0 amide bonds. The molecule has 10 heteroatoms. The lowest BCUT2D eigenvalue weighted by atomic mass is 9.95.